The van der Waals surface area contributed by atoms with Crippen LogP contribution in [0.25, 0.3) is 0 Å². The zero-order valence-corrected chi connectivity index (χ0v) is 10.6. The molecule has 0 bridgehead atoms. The summed E-state index contributed by atoms with van der Waals surface area (Å²) in [4.78, 5) is 7.48. The lowest BCUT2D eigenvalue weighted by Crippen LogP contribution is -2.29. The maximum Gasteiger partial charge on any atom is 0.435 e. The lowest BCUT2D eigenvalue weighted by Gasteiger charge is -2.11. The van der Waals surface area contributed by atoms with Gasteiger partial charge >= 0.3 is 6.18 Å². The maximum absolute atomic E-state index is 12.8. The first kappa shape index (κ1) is 15.0. The molecule has 0 aliphatic carbocycles. The van der Waals surface area contributed by atoms with Gasteiger partial charge in [-0.3, -0.25) is 0 Å². The Hall–Kier alpha value is -2.05. The van der Waals surface area contributed by atoms with Crippen molar-refractivity contribution < 1.29 is 13.2 Å². The third-order valence-corrected chi connectivity index (χ3v) is 2.30. The SMILES string of the molecule is CC(C)c1cccc(/N=C(/C(N)=C\N)C(F)(F)F)n1. The minimum Gasteiger partial charge on any atom is -0.403 e. The average molecular weight is 272 g/mol. The minimum atomic E-state index is -4.69. The molecule has 0 atom stereocenters. The third kappa shape index (κ3) is 3.97. The number of halogens is 3. The van der Waals surface area contributed by atoms with E-state index < -0.39 is 17.6 Å². The summed E-state index contributed by atoms with van der Waals surface area (Å²) in [5, 5.41) is 0. The second-order valence-electron chi connectivity index (χ2n) is 4.16. The van der Waals surface area contributed by atoms with Crippen LogP contribution in [0.5, 0.6) is 0 Å². The smallest absolute Gasteiger partial charge is 0.403 e. The molecule has 7 heteroatoms. The van der Waals surface area contributed by atoms with Crippen LogP contribution in [0.1, 0.15) is 25.5 Å². The first-order valence-corrected chi connectivity index (χ1v) is 5.56. The Balaban J connectivity index is 3.27. The summed E-state index contributed by atoms with van der Waals surface area (Å²) in [6.07, 6.45) is -4.02. The van der Waals surface area contributed by atoms with Crippen molar-refractivity contribution in [3.05, 3.63) is 35.8 Å². The molecule has 4 nitrogen and oxygen atoms in total. The van der Waals surface area contributed by atoms with E-state index in [1.54, 1.807) is 12.1 Å². The van der Waals surface area contributed by atoms with E-state index >= 15 is 0 Å². The van der Waals surface area contributed by atoms with Crippen molar-refractivity contribution in [2.24, 2.45) is 16.5 Å². The number of hydrogen-bond acceptors (Lipinski definition) is 4. The first-order valence-electron chi connectivity index (χ1n) is 5.56. The Morgan fingerprint density at radius 2 is 2.00 bits per heavy atom. The molecule has 104 valence electrons. The van der Waals surface area contributed by atoms with Crippen LogP contribution in [0.2, 0.25) is 0 Å². The molecule has 0 fully saturated rings. The van der Waals surface area contributed by atoms with Crippen LogP contribution in [-0.2, 0) is 0 Å². The van der Waals surface area contributed by atoms with Crippen molar-refractivity contribution in [1.82, 2.24) is 4.98 Å². The van der Waals surface area contributed by atoms with E-state index in [1.165, 1.54) is 6.07 Å². The number of nitrogens with zero attached hydrogens (tertiary/aromatic N) is 2. The van der Waals surface area contributed by atoms with Crippen molar-refractivity contribution in [3.63, 3.8) is 0 Å². The van der Waals surface area contributed by atoms with Gasteiger partial charge in [-0.25, -0.2) is 9.98 Å². The van der Waals surface area contributed by atoms with Gasteiger partial charge in [-0.05, 0) is 18.1 Å². The molecule has 0 aliphatic heterocycles. The molecule has 0 saturated carbocycles. The van der Waals surface area contributed by atoms with Gasteiger partial charge in [0, 0.05) is 11.9 Å². The fourth-order valence-electron chi connectivity index (χ4n) is 1.31. The molecular formula is C12H15F3N4. The molecule has 0 aromatic carbocycles. The molecular weight excluding hydrogens is 257 g/mol. The molecule has 1 aromatic heterocycles. The number of pyridine rings is 1. The Kier molecular flexibility index (Phi) is 4.52. The molecule has 1 rings (SSSR count). The van der Waals surface area contributed by atoms with Gasteiger partial charge in [-0.15, -0.1) is 0 Å². The molecule has 0 spiro atoms. The fraction of sp³-hybridized carbons (Fsp3) is 0.333. The molecule has 1 heterocycles. The summed E-state index contributed by atoms with van der Waals surface area (Å²) < 4.78 is 38.3. The number of allylic oxidation sites excluding steroid dienone is 1. The van der Waals surface area contributed by atoms with Crippen LogP contribution in [0.4, 0.5) is 19.0 Å². The predicted octanol–water partition coefficient (Wildman–Crippen LogP) is 2.60. The van der Waals surface area contributed by atoms with Crippen molar-refractivity contribution in [1.29, 1.82) is 0 Å². The van der Waals surface area contributed by atoms with E-state index in [2.05, 4.69) is 9.98 Å². The van der Waals surface area contributed by atoms with Crippen LogP contribution < -0.4 is 11.5 Å². The molecule has 0 saturated heterocycles. The lowest BCUT2D eigenvalue weighted by atomic mass is 10.1. The van der Waals surface area contributed by atoms with Gasteiger partial charge in [-0.1, -0.05) is 19.9 Å². The van der Waals surface area contributed by atoms with Gasteiger partial charge in [0.1, 0.15) is 0 Å². The monoisotopic (exact) mass is 272 g/mol. The number of aliphatic imine (C=N–C) groups is 1. The molecule has 0 amide bonds. The van der Waals surface area contributed by atoms with E-state index in [0.29, 0.717) is 11.9 Å². The van der Waals surface area contributed by atoms with Crippen molar-refractivity contribution in [2.75, 3.05) is 0 Å². The summed E-state index contributed by atoms with van der Waals surface area (Å²) in [6, 6.07) is 4.69. The van der Waals surface area contributed by atoms with Crippen molar-refractivity contribution >= 4 is 11.5 Å². The van der Waals surface area contributed by atoms with E-state index in [-0.39, 0.29) is 11.7 Å². The zero-order chi connectivity index (χ0) is 14.6. The highest BCUT2D eigenvalue weighted by Gasteiger charge is 2.37. The molecule has 0 radical (unpaired) electrons. The molecule has 19 heavy (non-hydrogen) atoms. The molecule has 0 aliphatic rings. The minimum absolute atomic E-state index is 0.0525. The largest absolute Gasteiger partial charge is 0.435 e. The van der Waals surface area contributed by atoms with Gasteiger partial charge in [-0.2, -0.15) is 13.2 Å². The van der Waals surface area contributed by atoms with Crippen LogP contribution >= 0.6 is 0 Å². The van der Waals surface area contributed by atoms with Crippen molar-refractivity contribution in [3.8, 4) is 0 Å². The Morgan fingerprint density at radius 1 is 1.37 bits per heavy atom. The van der Waals surface area contributed by atoms with Gasteiger partial charge in [0.15, 0.2) is 11.5 Å². The summed E-state index contributed by atoms with van der Waals surface area (Å²) in [6.45, 7) is 3.77. The second kappa shape index (κ2) is 5.73. The van der Waals surface area contributed by atoms with Crippen LogP contribution in [-0.4, -0.2) is 16.9 Å². The highest BCUT2D eigenvalue weighted by atomic mass is 19.4. The third-order valence-electron chi connectivity index (χ3n) is 2.30. The van der Waals surface area contributed by atoms with Crippen LogP contribution in [0.15, 0.2) is 35.1 Å². The average Bonchev–Trinajstić information content (AvgIpc) is 2.34. The highest BCUT2D eigenvalue weighted by molar-refractivity contribution is 6.04. The van der Waals surface area contributed by atoms with E-state index in [1.807, 2.05) is 13.8 Å². The van der Waals surface area contributed by atoms with E-state index in [9.17, 15) is 13.2 Å². The first-order chi connectivity index (χ1) is 8.75. The predicted molar refractivity (Wildman–Crippen MR) is 67.9 cm³/mol. The standard InChI is InChI=1S/C12H15F3N4/c1-7(2)9-4-3-5-10(18-9)19-11(8(17)6-16)12(13,14)15/h3-7H,16-17H2,1-2H3/b8-6+,19-11-. The normalized spacial score (nSPS) is 14.0. The topological polar surface area (TPSA) is 77.3 Å². The van der Waals surface area contributed by atoms with E-state index in [0.717, 1.165) is 0 Å². The fourth-order valence-corrected chi connectivity index (χ4v) is 1.31. The van der Waals surface area contributed by atoms with E-state index in [4.69, 9.17) is 11.5 Å². The summed E-state index contributed by atoms with van der Waals surface area (Å²) in [7, 11) is 0. The maximum atomic E-state index is 12.8. The Bertz CT molecular complexity index is 504. The van der Waals surface area contributed by atoms with Gasteiger partial charge < -0.3 is 11.5 Å². The van der Waals surface area contributed by atoms with Gasteiger partial charge in [0.2, 0.25) is 0 Å². The molecule has 1 aromatic rings. The molecule has 4 N–H and O–H groups in total. The summed E-state index contributed by atoms with van der Waals surface area (Å²) in [5.74, 6) is 0.0372. The summed E-state index contributed by atoms with van der Waals surface area (Å²) >= 11 is 0. The number of hydrogen-bond donors (Lipinski definition) is 2. The van der Waals surface area contributed by atoms with Crippen LogP contribution in [0, 0.1) is 0 Å². The second-order valence-corrected chi connectivity index (χ2v) is 4.16. The van der Waals surface area contributed by atoms with Crippen LogP contribution in [0.3, 0.4) is 0 Å². The number of aromatic nitrogens is 1. The van der Waals surface area contributed by atoms with Crippen molar-refractivity contribution in [2.45, 2.75) is 25.9 Å². The quantitative estimate of drug-likeness (QED) is 0.830. The lowest BCUT2D eigenvalue weighted by molar-refractivity contribution is -0.0582. The van der Waals surface area contributed by atoms with Gasteiger partial charge in [0.05, 0.1) is 5.70 Å². The number of nitrogens with two attached hydrogens (primary N) is 2. The highest BCUT2D eigenvalue weighted by Crippen LogP contribution is 2.24. The number of alkyl halides is 3. The number of rotatable bonds is 3. The Morgan fingerprint density at radius 3 is 2.47 bits per heavy atom. The zero-order valence-electron chi connectivity index (χ0n) is 10.6. The Labute approximate surface area is 109 Å². The van der Waals surface area contributed by atoms with Gasteiger partial charge in [0.25, 0.3) is 0 Å². The summed E-state index contributed by atoms with van der Waals surface area (Å²) in [5.41, 5.74) is 8.99. The molecule has 0 unspecified atom stereocenters.